The maximum absolute atomic E-state index is 12.8. The van der Waals surface area contributed by atoms with E-state index in [-0.39, 0.29) is 11.8 Å². The second-order valence-electron chi connectivity index (χ2n) is 7.29. The maximum Gasteiger partial charge on any atom is 0.240 e. The number of anilines is 2. The van der Waals surface area contributed by atoms with Crippen molar-refractivity contribution in [3.8, 4) is 5.75 Å². The standard InChI is InChI=1S/C23H29N3O3/c1-4-26(5-2)19-10-8-18(9-11-19)25-22(28)23(14-15-23)21(27)24-16-17-6-12-20(29-3)13-7-17/h6-13H,4-5,14-16H2,1-3H3,(H,24,27)(H,25,28). The Morgan fingerprint density at radius 2 is 1.59 bits per heavy atom. The highest BCUT2D eigenvalue weighted by molar-refractivity contribution is 6.13. The van der Waals surface area contributed by atoms with E-state index in [1.54, 1.807) is 7.11 Å². The molecule has 0 bridgehead atoms. The zero-order chi connectivity index (χ0) is 20.9. The molecular weight excluding hydrogens is 366 g/mol. The van der Waals surface area contributed by atoms with Crippen LogP contribution in [-0.4, -0.2) is 32.0 Å². The van der Waals surface area contributed by atoms with Gasteiger partial charge in [-0.3, -0.25) is 9.59 Å². The highest BCUT2D eigenvalue weighted by Crippen LogP contribution is 2.47. The molecule has 2 aromatic rings. The first-order chi connectivity index (χ1) is 14.0. The van der Waals surface area contributed by atoms with Crippen molar-refractivity contribution < 1.29 is 14.3 Å². The molecule has 29 heavy (non-hydrogen) atoms. The summed E-state index contributed by atoms with van der Waals surface area (Å²) in [6.07, 6.45) is 1.15. The zero-order valence-corrected chi connectivity index (χ0v) is 17.3. The van der Waals surface area contributed by atoms with E-state index in [1.165, 1.54) is 0 Å². The lowest BCUT2D eigenvalue weighted by Gasteiger charge is -2.21. The van der Waals surface area contributed by atoms with Crippen LogP contribution in [-0.2, 0) is 16.1 Å². The minimum atomic E-state index is -0.954. The molecule has 0 aromatic heterocycles. The average molecular weight is 396 g/mol. The first kappa shape index (κ1) is 20.7. The number of nitrogens with one attached hydrogen (secondary N) is 2. The summed E-state index contributed by atoms with van der Waals surface area (Å²) in [7, 11) is 1.61. The second-order valence-corrected chi connectivity index (χ2v) is 7.29. The zero-order valence-electron chi connectivity index (χ0n) is 17.3. The van der Waals surface area contributed by atoms with E-state index in [9.17, 15) is 9.59 Å². The Labute approximate surface area is 172 Å². The number of methoxy groups -OCH3 is 1. The highest BCUT2D eigenvalue weighted by atomic mass is 16.5. The summed E-state index contributed by atoms with van der Waals surface area (Å²) in [6, 6.07) is 15.3. The Hall–Kier alpha value is -3.02. The predicted octanol–water partition coefficient (Wildman–Crippen LogP) is 3.58. The summed E-state index contributed by atoms with van der Waals surface area (Å²) >= 11 is 0. The minimum Gasteiger partial charge on any atom is -0.497 e. The molecule has 1 fully saturated rings. The van der Waals surface area contributed by atoms with Crippen LogP contribution in [0.25, 0.3) is 0 Å². The van der Waals surface area contributed by atoms with Gasteiger partial charge in [-0.1, -0.05) is 12.1 Å². The van der Waals surface area contributed by atoms with Crippen LogP contribution in [0.15, 0.2) is 48.5 Å². The molecule has 1 aliphatic rings. The number of carbonyl (C=O) groups excluding carboxylic acids is 2. The molecule has 0 spiro atoms. The quantitative estimate of drug-likeness (QED) is 0.637. The highest BCUT2D eigenvalue weighted by Gasteiger charge is 2.56. The van der Waals surface area contributed by atoms with Crippen molar-refractivity contribution in [1.82, 2.24) is 5.32 Å². The van der Waals surface area contributed by atoms with Gasteiger partial charge in [-0.15, -0.1) is 0 Å². The molecule has 0 aliphatic heterocycles. The third-order valence-electron chi connectivity index (χ3n) is 5.49. The van der Waals surface area contributed by atoms with Crippen LogP contribution in [0.3, 0.4) is 0 Å². The number of hydrogen-bond acceptors (Lipinski definition) is 4. The second kappa shape index (κ2) is 8.99. The number of carbonyl (C=O) groups is 2. The first-order valence-corrected chi connectivity index (χ1v) is 10.1. The fourth-order valence-electron chi connectivity index (χ4n) is 3.37. The summed E-state index contributed by atoms with van der Waals surface area (Å²) in [5.74, 6) is 0.316. The molecule has 2 N–H and O–H groups in total. The van der Waals surface area contributed by atoms with Gasteiger partial charge in [-0.2, -0.15) is 0 Å². The van der Waals surface area contributed by atoms with E-state index in [2.05, 4.69) is 29.4 Å². The smallest absolute Gasteiger partial charge is 0.240 e. The van der Waals surface area contributed by atoms with Gasteiger partial charge in [0.25, 0.3) is 0 Å². The molecule has 154 valence electrons. The number of amides is 2. The number of ether oxygens (including phenoxy) is 1. The molecule has 6 nitrogen and oxygen atoms in total. The van der Waals surface area contributed by atoms with Crippen molar-refractivity contribution >= 4 is 23.2 Å². The number of benzene rings is 2. The van der Waals surface area contributed by atoms with Gasteiger partial charge in [0.05, 0.1) is 7.11 Å². The van der Waals surface area contributed by atoms with Gasteiger partial charge in [0.15, 0.2) is 0 Å². The van der Waals surface area contributed by atoms with Crippen LogP contribution in [0.5, 0.6) is 5.75 Å². The SMILES string of the molecule is CCN(CC)c1ccc(NC(=O)C2(C(=O)NCc3ccc(OC)cc3)CC2)cc1. The molecular formula is C23H29N3O3. The average Bonchev–Trinajstić information content (AvgIpc) is 3.57. The summed E-state index contributed by atoms with van der Waals surface area (Å²) in [4.78, 5) is 27.7. The summed E-state index contributed by atoms with van der Waals surface area (Å²) in [5.41, 5.74) is 1.83. The molecule has 0 radical (unpaired) electrons. The third-order valence-corrected chi connectivity index (χ3v) is 5.49. The minimum absolute atomic E-state index is 0.217. The number of rotatable bonds is 9. The van der Waals surface area contributed by atoms with Gasteiger partial charge in [-0.05, 0) is 68.7 Å². The Bertz CT molecular complexity index is 839. The van der Waals surface area contributed by atoms with Gasteiger partial charge in [0.2, 0.25) is 11.8 Å². The van der Waals surface area contributed by atoms with Gasteiger partial charge in [0.1, 0.15) is 11.2 Å². The van der Waals surface area contributed by atoms with Crippen LogP contribution >= 0.6 is 0 Å². The summed E-state index contributed by atoms with van der Waals surface area (Å²) in [5, 5.41) is 5.80. The van der Waals surface area contributed by atoms with Crippen molar-refractivity contribution in [2.45, 2.75) is 33.2 Å². The van der Waals surface area contributed by atoms with Gasteiger partial charge < -0.3 is 20.3 Å². The summed E-state index contributed by atoms with van der Waals surface area (Å²) < 4.78 is 5.14. The summed E-state index contributed by atoms with van der Waals surface area (Å²) in [6.45, 7) is 6.47. The maximum atomic E-state index is 12.8. The molecule has 2 aromatic carbocycles. The molecule has 0 heterocycles. The van der Waals surface area contributed by atoms with E-state index in [0.717, 1.165) is 30.1 Å². The van der Waals surface area contributed by atoms with Crippen LogP contribution < -0.4 is 20.3 Å². The van der Waals surface area contributed by atoms with Crippen molar-refractivity contribution in [1.29, 1.82) is 0 Å². The Kier molecular flexibility index (Phi) is 6.42. The molecule has 0 unspecified atom stereocenters. The van der Waals surface area contributed by atoms with Crippen LogP contribution in [0, 0.1) is 5.41 Å². The van der Waals surface area contributed by atoms with E-state index >= 15 is 0 Å². The van der Waals surface area contributed by atoms with Crippen molar-refractivity contribution in [3.05, 3.63) is 54.1 Å². The van der Waals surface area contributed by atoms with E-state index in [4.69, 9.17) is 4.74 Å². The van der Waals surface area contributed by atoms with Crippen molar-refractivity contribution in [3.63, 3.8) is 0 Å². The van der Waals surface area contributed by atoms with E-state index in [0.29, 0.717) is 25.1 Å². The largest absolute Gasteiger partial charge is 0.497 e. The van der Waals surface area contributed by atoms with E-state index < -0.39 is 5.41 Å². The Morgan fingerprint density at radius 3 is 2.10 bits per heavy atom. The Morgan fingerprint density at radius 1 is 0.966 bits per heavy atom. The van der Waals surface area contributed by atoms with Crippen LogP contribution in [0.2, 0.25) is 0 Å². The molecule has 0 atom stereocenters. The lowest BCUT2D eigenvalue weighted by Crippen LogP contribution is -2.39. The predicted molar refractivity (Wildman–Crippen MR) is 115 cm³/mol. The van der Waals surface area contributed by atoms with Gasteiger partial charge >= 0.3 is 0 Å². The topological polar surface area (TPSA) is 70.7 Å². The third kappa shape index (κ3) is 4.70. The van der Waals surface area contributed by atoms with Gasteiger partial charge in [0, 0.05) is 31.0 Å². The normalized spacial score (nSPS) is 14.0. The molecule has 3 rings (SSSR count). The number of nitrogens with zero attached hydrogens (tertiary/aromatic N) is 1. The molecule has 2 amide bonds. The molecule has 0 saturated heterocycles. The lowest BCUT2D eigenvalue weighted by atomic mass is 10.0. The van der Waals surface area contributed by atoms with Crippen molar-refractivity contribution in [2.24, 2.45) is 5.41 Å². The molecule has 6 heteroatoms. The lowest BCUT2D eigenvalue weighted by molar-refractivity contribution is -0.134. The Balaban J connectivity index is 1.57. The van der Waals surface area contributed by atoms with Crippen molar-refractivity contribution in [2.75, 3.05) is 30.4 Å². The first-order valence-electron chi connectivity index (χ1n) is 10.1. The van der Waals surface area contributed by atoms with Gasteiger partial charge in [-0.25, -0.2) is 0 Å². The molecule has 1 aliphatic carbocycles. The van der Waals surface area contributed by atoms with E-state index in [1.807, 2.05) is 48.5 Å². The van der Waals surface area contributed by atoms with Crippen LogP contribution in [0.1, 0.15) is 32.3 Å². The number of hydrogen-bond donors (Lipinski definition) is 2. The monoisotopic (exact) mass is 395 g/mol. The van der Waals surface area contributed by atoms with Crippen LogP contribution in [0.4, 0.5) is 11.4 Å². The fraction of sp³-hybridized carbons (Fsp3) is 0.391. The fourth-order valence-corrected chi connectivity index (χ4v) is 3.37. The molecule has 1 saturated carbocycles.